The van der Waals surface area contributed by atoms with Crippen molar-refractivity contribution in [1.29, 1.82) is 0 Å². The van der Waals surface area contributed by atoms with Crippen LogP contribution in [0.5, 0.6) is 0 Å². The molecule has 1 aliphatic heterocycles. The lowest BCUT2D eigenvalue weighted by molar-refractivity contribution is -0.142. The van der Waals surface area contributed by atoms with Crippen LogP contribution >= 0.6 is 0 Å². The molecule has 0 aromatic heterocycles. The minimum Gasteiger partial charge on any atom is -0.339 e. The van der Waals surface area contributed by atoms with E-state index in [1.54, 1.807) is 0 Å². The molecule has 1 aliphatic rings. The van der Waals surface area contributed by atoms with Crippen molar-refractivity contribution >= 4 is 11.8 Å². The Bertz CT molecular complexity index is 305. The predicted molar refractivity (Wildman–Crippen MR) is 76.8 cm³/mol. The first-order valence-corrected chi connectivity index (χ1v) is 7.67. The summed E-state index contributed by atoms with van der Waals surface area (Å²) in [4.78, 5) is 27.9. The molecule has 19 heavy (non-hydrogen) atoms. The summed E-state index contributed by atoms with van der Waals surface area (Å²) in [6.07, 6.45) is 5.31. The zero-order valence-corrected chi connectivity index (χ0v) is 12.7. The first kappa shape index (κ1) is 16.0. The molecule has 0 aromatic rings. The number of hydrogen-bond acceptors (Lipinski definition) is 2. The van der Waals surface area contributed by atoms with Crippen LogP contribution in [0.1, 0.15) is 59.3 Å². The third-order valence-corrected chi connectivity index (χ3v) is 3.79. The van der Waals surface area contributed by atoms with Gasteiger partial charge in [0.15, 0.2) is 0 Å². The number of carbonyl (C=O) groups excluding carboxylic acids is 2. The van der Waals surface area contributed by atoms with E-state index in [4.69, 9.17) is 0 Å². The van der Waals surface area contributed by atoms with Gasteiger partial charge in [0, 0.05) is 38.5 Å². The Balaban J connectivity index is 2.42. The maximum atomic E-state index is 12.0. The van der Waals surface area contributed by atoms with Crippen molar-refractivity contribution in [2.75, 3.05) is 19.6 Å². The van der Waals surface area contributed by atoms with E-state index in [2.05, 4.69) is 13.8 Å². The van der Waals surface area contributed by atoms with Crippen molar-refractivity contribution in [2.45, 2.75) is 65.3 Å². The van der Waals surface area contributed by atoms with Gasteiger partial charge in [-0.05, 0) is 19.8 Å². The summed E-state index contributed by atoms with van der Waals surface area (Å²) in [5, 5.41) is 0. The van der Waals surface area contributed by atoms with Gasteiger partial charge in [-0.3, -0.25) is 9.59 Å². The number of piperazine rings is 1. The van der Waals surface area contributed by atoms with E-state index in [0.717, 1.165) is 25.7 Å². The number of amides is 2. The van der Waals surface area contributed by atoms with Crippen LogP contribution in [-0.4, -0.2) is 47.3 Å². The van der Waals surface area contributed by atoms with Gasteiger partial charge in [0.05, 0.1) is 0 Å². The van der Waals surface area contributed by atoms with Crippen LogP contribution in [0.15, 0.2) is 0 Å². The van der Waals surface area contributed by atoms with E-state index in [-0.39, 0.29) is 17.9 Å². The highest BCUT2D eigenvalue weighted by Gasteiger charge is 2.28. The molecule has 110 valence electrons. The van der Waals surface area contributed by atoms with Crippen molar-refractivity contribution in [3.8, 4) is 0 Å². The van der Waals surface area contributed by atoms with Crippen LogP contribution in [0.4, 0.5) is 0 Å². The van der Waals surface area contributed by atoms with Gasteiger partial charge in [0.1, 0.15) is 0 Å². The van der Waals surface area contributed by atoms with E-state index >= 15 is 0 Å². The lowest BCUT2D eigenvalue weighted by Gasteiger charge is -2.40. The van der Waals surface area contributed by atoms with Gasteiger partial charge in [-0.1, -0.05) is 26.7 Å². The Hall–Kier alpha value is -1.06. The van der Waals surface area contributed by atoms with Crippen LogP contribution in [0, 0.1) is 0 Å². The molecule has 0 N–H and O–H groups in total. The Morgan fingerprint density at radius 2 is 1.58 bits per heavy atom. The van der Waals surface area contributed by atoms with Crippen LogP contribution in [0.25, 0.3) is 0 Å². The zero-order valence-electron chi connectivity index (χ0n) is 12.7. The lowest BCUT2D eigenvalue weighted by Crippen LogP contribution is -2.55. The highest BCUT2D eigenvalue weighted by Crippen LogP contribution is 2.14. The molecule has 0 aliphatic carbocycles. The molecule has 0 aromatic carbocycles. The summed E-state index contributed by atoms with van der Waals surface area (Å²) in [6, 6.07) is 0.156. The van der Waals surface area contributed by atoms with Gasteiger partial charge >= 0.3 is 0 Å². The summed E-state index contributed by atoms with van der Waals surface area (Å²) >= 11 is 0. The topological polar surface area (TPSA) is 40.6 Å². The van der Waals surface area contributed by atoms with Gasteiger partial charge in [0.25, 0.3) is 0 Å². The first-order chi connectivity index (χ1) is 9.10. The molecule has 4 nitrogen and oxygen atoms in total. The average Bonchev–Trinajstić information content (AvgIpc) is 2.41. The maximum absolute atomic E-state index is 12.0. The molecule has 0 saturated carbocycles. The quantitative estimate of drug-likeness (QED) is 0.742. The molecule has 1 rings (SSSR count). The Morgan fingerprint density at radius 1 is 1.00 bits per heavy atom. The summed E-state index contributed by atoms with van der Waals surface area (Å²) in [5.74, 6) is 0.490. The van der Waals surface area contributed by atoms with Crippen LogP contribution in [0.2, 0.25) is 0 Å². The van der Waals surface area contributed by atoms with E-state index in [1.807, 2.05) is 16.7 Å². The Kier molecular flexibility index (Phi) is 6.89. The largest absolute Gasteiger partial charge is 0.339 e. The van der Waals surface area contributed by atoms with Crippen molar-refractivity contribution in [2.24, 2.45) is 0 Å². The fourth-order valence-electron chi connectivity index (χ4n) is 2.51. The molecule has 0 radical (unpaired) electrons. The number of nitrogens with zero attached hydrogens (tertiary/aromatic N) is 2. The molecule has 1 unspecified atom stereocenters. The van der Waals surface area contributed by atoms with Gasteiger partial charge in [-0.25, -0.2) is 0 Å². The molecule has 1 heterocycles. The minimum absolute atomic E-state index is 0.156. The van der Waals surface area contributed by atoms with Crippen molar-refractivity contribution < 1.29 is 9.59 Å². The number of carbonyl (C=O) groups is 2. The minimum atomic E-state index is 0.156. The van der Waals surface area contributed by atoms with Gasteiger partial charge in [0.2, 0.25) is 11.8 Å². The zero-order chi connectivity index (χ0) is 14.3. The molecule has 0 bridgehead atoms. The highest BCUT2D eigenvalue weighted by molar-refractivity contribution is 5.78. The SMILES string of the molecule is CCCCC(=O)N1CCN(C(=O)CCCC)C(C)C1. The van der Waals surface area contributed by atoms with Gasteiger partial charge in [-0.2, -0.15) is 0 Å². The molecule has 2 amide bonds. The molecule has 1 atom stereocenters. The van der Waals surface area contributed by atoms with Crippen LogP contribution in [0.3, 0.4) is 0 Å². The van der Waals surface area contributed by atoms with Crippen molar-refractivity contribution in [3.05, 3.63) is 0 Å². The highest BCUT2D eigenvalue weighted by atomic mass is 16.2. The fourth-order valence-corrected chi connectivity index (χ4v) is 2.51. The van der Waals surface area contributed by atoms with Gasteiger partial charge < -0.3 is 9.80 Å². The van der Waals surface area contributed by atoms with Crippen molar-refractivity contribution in [3.63, 3.8) is 0 Å². The third kappa shape index (κ3) is 4.84. The van der Waals surface area contributed by atoms with E-state index in [0.29, 0.717) is 32.5 Å². The average molecular weight is 268 g/mol. The summed E-state index contributed by atoms with van der Waals surface area (Å²) in [7, 11) is 0. The standard InChI is InChI=1S/C15H28N2O2/c1-4-6-8-14(18)16-10-11-17(13(3)12-16)15(19)9-7-5-2/h13H,4-12H2,1-3H3. The monoisotopic (exact) mass is 268 g/mol. The van der Waals surface area contributed by atoms with E-state index < -0.39 is 0 Å². The van der Waals surface area contributed by atoms with E-state index in [9.17, 15) is 9.59 Å². The first-order valence-electron chi connectivity index (χ1n) is 7.67. The normalized spacial score (nSPS) is 19.6. The van der Waals surface area contributed by atoms with Crippen molar-refractivity contribution in [1.82, 2.24) is 9.80 Å². The summed E-state index contributed by atoms with van der Waals surface area (Å²) in [5.41, 5.74) is 0. The second-order valence-electron chi connectivity index (χ2n) is 5.48. The third-order valence-electron chi connectivity index (χ3n) is 3.79. The number of unbranched alkanes of at least 4 members (excludes halogenated alkanes) is 2. The molecular weight excluding hydrogens is 240 g/mol. The maximum Gasteiger partial charge on any atom is 0.222 e. The smallest absolute Gasteiger partial charge is 0.222 e. The summed E-state index contributed by atoms with van der Waals surface area (Å²) in [6.45, 7) is 8.33. The second kappa shape index (κ2) is 8.18. The van der Waals surface area contributed by atoms with Gasteiger partial charge in [-0.15, -0.1) is 0 Å². The molecular formula is C15H28N2O2. The Labute approximate surface area is 117 Å². The molecule has 1 saturated heterocycles. The molecule has 4 heteroatoms. The number of rotatable bonds is 6. The lowest BCUT2D eigenvalue weighted by atomic mass is 10.1. The van der Waals surface area contributed by atoms with Crippen LogP contribution in [-0.2, 0) is 9.59 Å². The fraction of sp³-hybridized carbons (Fsp3) is 0.867. The Morgan fingerprint density at radius 3 is 2.11 bits per heavy atom. The summed E-state index contributed by atoms with van der Waals surface area (Å²) < 4.78 is 0. The molecule has 0 spiro atoms. The number of hydrogen-bond donors (Lipinski definition) is 0. The molecule has 1 fully saturated rings. The predicted octanol–water partition coefficient (Wildman–Crippen LogP) is 2.43. The van der Waals surface area contributed by atoms with E-state index in [1.165, 1.54) is 0 Å². The second-order valence-corrected chi connectivity index (χ2v) is 5.48. The van der Waals surface area contributed by atoms with Crippen LogP contribution < -0.4 is 0 Å².